The third-order valence-corrected chi connectivity index (χ3v) is 2.47. The first kappa shape index (κ1) is 9.50. The molecule has 2 aromatic rings. The van der Waals surface area contributed by atoms with Gasteiger partial charge in [-0.15, -0.1) is 0 Å². The third-order valence-electron chi connectivity index (χ3n) is 1.90. The number of nitrogens with zero attached hydrogens (tertiary/aromatic N) is 1. The molecule has 0 aliphatic rings. The molecule has 0 aliphatic heterocycles. The largest absolute Gasteiger partial charge is 0.264 e. The van der Waals surface area contributed by atoms with Crippen molar-refractivity contribution in [3.8, 4) is 11.1 Å². The molecular formula is C11H7Cl2N. The Kier molecular flexibility index (Phi) is 2.71. The molecule has 0 aliphatic carbocycles. The quantitative estimate of drug-likeness (QED) is 0.711. The first-order chi connectivity index (χ1) is 6.77. The van der Waals surface area contributed by atoms with Gasteiger partial charge >= 0.3 is 0 Å². The van der Waals surface area contributed by atoms with Gasteiger partial charge in [0.25, 0.3) is 0 Å². The molecule has 0 unspecified atom stereocenters. The molecule has 0 amide bonds. The van der Waals surface area contributed by atoms with Crippen LogP contribution in [0.5, 0.6) is 0 Å². The van der Waals surface area contributed by atoms with Gasteiger partial charge in [-0.05, 0) is 24.3 Å². The van der Waals surface area contributed by atoms with Crippen LogP contribution in [-0.2, 0) is 0 Å². The highest BCUT2D eigenvalue weighted by molar-refractivity contribution is 6.35. The van der Waals surface area contributed by atoms with E-state index >= 15 is 0 Å². The standard InChI is InChI=1S/C11H7Cl2N/c12-9-3-4-11(13)10(6-9)8-2-1-5-14-7-8/h1-7H. The number of halogens is 2. The van der Waals surface area contributed by atoms with Crippen LogP contribution in [0.15, 0.2) is 42.7 Å². The summed E-state index contributed by atoms with van der Waals surface area (Å²) in [5.74, 6) is 0. The van der Waals surface area contributed by atoms with Crippen LogP contribution < -0.4 is 0 Å². The van der Waals surface area contributed by atoms with E-state index in [0.29, 0.717) is 10.0 Å². The average Bonchev–Trinajstić information content (AvgIpc) is 2.23. The van der Waals surface area contributed by atoms with Crippen LogP contribution in [0.2, 0.25) is 10.0 Å². The molecule has 1 nitrogen and oxygen atoms in total. The maximum atomic E-state index is 6.04. The number of hydrogen-bond donors (Lipinski definition) is 0. The Morgan fingerprint density at radius 2 is 1.93 bits per heavy atom. The molecule has 0 N–H and O–H groups in total. The zero-order valence-corrected chi connectivity index (χ0v) is 8.76. The van der Waals surface area contributed by atoms with Gasteiger partial charge in [0, 0.05) is 33.6 Å². The summed E-state index contributed by atoms with van der Waals surface area (Å²) in [7, 11) is 0. The lowest BCUT2D eigenvalue weighted by molar-refractivity contribution is 1.33. The fraction of sp³-hybridized carbons (Fsp3) is 0. The van der Waals surface area contributed by atoms with E-state index < -0.39 is 0 Å². The molecule has 0 bridgehead atoms. The Morgan fingerprint density at radius 1 is 1.07 bits per heavy atom. The highest BCUT2D eigenvalue weighted by atomic mass is 35.5. The van der Waals surface area contributed by atoms with Crippen LogP contribution in [0, 0.1) is 0 Å². The van der Waals surface area contributed by atoms with Gasteiger partial charge in [-0.3, -0.25) is 4.98 Å². The molecule has 0 saturated carbocycles. The van der Waals surface area contributed by atoms with E-state index in [9.17, 15) is 0 Å². The van der Waals surface area contributed by atoms with E-state index in [0.717, 1.165) is 11.1 Å². The van der Waals surface area contributed by atoms with Crippen molar-refractivity contribution in [2.45, 2.75) is 0 Å². The number of rotatable bonds is 1. The summed E-state index contributed by atoms with van der Waals surface area (Å²) in [6.07, 6.45) is 3.49. The molecule has 0 fully saturated rings. The second kappa shape index (κ2) is 3.99. The molecule has 0 spiro atoms. The van der Waals surface area contributed by atoms with E-state index in [4.69, 9.17) is 23.2 Å². The van der Waals surface area contributed by atoms with Gasteiger partial charge in [-0.1, -0.05) is 29.3 Å². The summed E-state index contributed by atoms with van der Waals surface area (Å²) in [5.41, 5.74) is 1.88. The number of hydrogen-bond acceptors (Lipinski definition) is 1. The van der Waals surface area contributed by atoms with Crippen molar-refractivity contribution in [2.24, 2.45) is 0 Å². The van der Waals surface area contributed by atoms with Gasteiger partial charge in [0.05, 0.1) is 0 Å². The van der Waals surface area contributed by atoms with Gasteiger partial charge in [0.2, 0.25) is 0 Å². The third kappa shape index (κ3) is 1.89. The molecule has 1 aromatic heterocycles. The van der Waals surface area contributed by atoms with E-state index in [1.165, 1.54) is 0 Å². The summed E-state index contributed by atoms with van der Waals surface area (Å²) in [6.45, 7) is 0. The Balaban J connectivity index is 2.57. The van der Waals surface area contributed by atoms with Crippen LogP contribution >= 0.6 is 23.2 Å². The monoisotopic (exact) mass is 223 g/mol. The average molecular weight is 224 g/mol. The van der Waals surface area contributed by atoms with Crippen LogP contribution in [0.1, 0.15) is 0 Å². The molecule has 1 aromatic carbocycles. The Hall–Kier alpha value is -1.05. The summed E-state index contributed by atoms with van der Waals surface area (Å²) in [6, 6.07) is 9.20. The highest BCUT2D eigenvalue weighted by Gasteiger charge is 2.03. The van der Waals surface area contributed by atoms with Gasteiger partial charge in [0.15, 0.2) is 0 Å². The first-order valence-electron chi connectivity index (χ1n) is 4.13. The Morgan fingerprint density at radius 3 is 2.64 bits per heavy atom. The molecule has 1 heterocycles. The van der Waals surface area contributed by atoms with Crippen LogP contribution in [-0.4, -0.2) is 4.98 Å². The van der Waals surface area contributed by atoms with E-state index in [-0.39, 0.29) is 0 Å². The summed E-state index contributed by atoms with van der Waals surface area (Å²) >= 11 is 11.9. The fourth-order valence-corrected chi connectivity index (χ4v) is 1.64. The van der Waals surface area contributed by atoms with Crippen molar-refractivity contribution in [1.82, 2.24) is 4.98 Å². The van der Waals surface area contributed by atoms with Crippen LogP contribution in [0.25, 0.3) is 11.1 Å². The van der Waals surface area contributed by atoms with Crippen molar-refractivity contribution >= 4 is 23.2 Å². The van der Waals surface area contributed by atoms with Gasteiger partial charge < -0.3 is 0 Å². The molecule has 0 saturated heterocycles. The maximum Gasteiger partial charge on any atom is 0.0486 e. The van der Waals surface area contributed by atoms with Gasteiger partial charge in [-0.25, -0.2) is 0 Å². The lowest BCUT2D eigenvalue weighted by Gasteiger charge is -2.03. The van der Waals surface area contributed by atoms with Crippen molar-refractivity contribution < 1.29 is 0 Å². The molecule has 0 radical (unpaired) electrons. The van der Waals surface area contributed by atoms with Crippen molar-refractivity contribution in [2.75, 3.05) is 0 Å². The van der Waals surface area contributed by atoms with Crippen molar-refractivity contribution in [1.29, 1.82) is 0 Å². The fourth-order valence-electron chi connectivity index (χ4n) is 1.24. The normalized spacial score (nSPS) is 10.1. The SMILES string of the molecule is Clc1ccc(Cl)c(-c2cccnc2)c1. The smallest absolute Gasteiger partial charge is 0.0486 e. The van der Waals surface area contributed by atoms with Gasteiger partial charge in [-0.2, -0.15) is 0 Å². The zero-order valence-electron chi connectivity index (χ0n) is 7.24. The lowest BCUT2D eigenvalue weighted by Crippen LogP contribution is -1.80. The molecular weight excluding hydrogens is 217 g/mol. The predicted molar refractivity (Wildman–Crippen MR) is 59.7 cm³/mol. The minimum absolute atomic E-state index is 0.674. The molecule has 2 rings (SSSR count). The Bertz CT molecular complexity index is 440. The molecule has 70 valence electrons. The maximum absolute atomic E-state index is 6.04. The van der Waals surface area contributed by atoms with Crippen LogP contribution in [0.4, 0.5) is 0 Å². The number of pyridine rings is 1. The topological polar surface area (TPSA) is 12.9 Å². The van der Waals surface area contributed by atoms with Crippen LogP contribution in [0.3, 0.4) is 0 Å². The highest BCUT2D eigenvalue weighted by Crippen LogP contribution is 2.29. The summed E-state index contributed by atoms with van der Waals surface area (Å²) < 4.78 is 0. The Labute approximate surface area is 92.3 Å². The van der Waals surface area contributed by atoms with E-state index in [1.807, 2.05) is 18.2 Å². The first-order valence-corrected chi connectivity index (χ1v) is 4.88. The second-order valence-corrected chi connectivity index (χ2v) is 3.71. The second-order valence-electron chi connectivity index (χ2n) is 2.87. The van der Waals surface area contributed by atoms with Crippen molar-refractivity contribution in [3.05, 3.63) is 52.8 Å². The number of benzene rings is 1. The summed E-state index contributed by atoms with van der Waals surface area (Å²) in [5, 5.41) is 1.36. The van der Waals surface area contributed by atoms with E-state index in [2.05, 4.69) is 4.98 Å². The molecule has 3 heteroatoms. The molecule has 14 heavy (non-hydrogen) atoms. The molecule has 0 atom stereocenters. The zero-order chi connectivity index (χ0) is 9.97. The lowest BCUT2D eigenvalue weighted by atomic mass is 10.1. The van der Waals surface area contributed by atoms with Gasteiger partial charge in [0.1, 0.15) is 0 Å². The minimum atomic E-state index is 0.674. The minimum Gasteiger partial charge on any atom is -0.264 e. The number of aromatic nitrogens is 1. The van der Waals surface area contributed by atoms with Crippen molar-refractivity contribution in [3.63, 3.8) is 0 Å². The summed E-state index contributed by atoms with van der Waals surface area (Å²) in [4.78, 5) is 4.03. The predicted octanol–water partition coefficient (Wildman–Crippen LogP) is 4.06. The van der Waals surface area contributed by atoms with E-state index in [1.54, 1.807) is 24.5 Å².